The van der Waals surface area contributed by atoms with Crippen LogP contribution >= 0.6 is 11.6 Å². The molecule has 21 heavy (non-hydrogen) atoms. The van der Waals surface area contributed by atoms with Crippen LogP contribution in [-0.4, -0.2) is 9.55 Å². The van der Waals surface area contributed by atoms with Gasteiger partial charge in [-0.25, -0.2) is 9.37 Å². The van der Waals surface area contributed by atoms with Crippen LogP contribution in [0, 0.1) is 17.7 Å². The Hall–Kier alpha value is -1.09. The SMILES string of the molecule is CC(Cl)c1nc2ccc(F)cc2n1C1CCCC(C)C1C. The number of fused-ring (bicyclic) bond motifs is 1. The van der Waals surface area contributed by atoms with E-state index in [9.17, 15) is 4.39 Å². The van der Waals surface area contributed by atoms with Crippen LogP contribution in [0.2, 0.25) is 0 Å². The number of halogens is 2. The molecule has 0 N–H and O–H groups in total. The average Bonchev–Trinajstić information content (AvgIpc) is 2.80. The first kappa shape index (κ1) is 14.8. The molecule has 2 aromatic rings. The van der Waals surface area contributed by atoms with Gasteiger partial charge in [-0.3, -0.25) is 0 Å². The van der Waals surface area contributed by atoms with Crippen LogP contribution in [-0.2, 0) is 0 Å². The van der Waals surface area contributed by atoms with Gasteiger partial charge in [0.1, 0.15) is 11.6 Å². The van der Waals surface area contributed by atoms with Gasteiger partial charge in [-0.1, -0.05) is 26.7 Å². The highest BCUT2D eigenvalue weighted by molar-refractivity contribution is 6.20. The number of rotatable bonds is 2. The monoisotopic (exact) mass is 308 g/mol. The summed E-state index contributed by atoms with van der Waals surface area (Å²) < 4.78 is 15.9. The number of alkyl halides is 1. The van der Waals surface area contributed by atoms with E-state index in [4.69, 9.17) is 11.6 Å². The second kappa shape index (κ2) is 5.60. The fourth-order valence-electron chi connectivity index (χ4n) is 3.63. The van der Waals surface area contributed by atoms with Gasteiger partial charge in [-0.15, -0.1) is 11.6 Å². The molecule has 0 spiro atoms. The van der Waals surface area contributed by atoms with E-state index in [1.165, 1.54) is 18.9 Å². The van der Waals surface area contributed by atoms with Crippen molar-refractivity contribution < 1.29 is 4.39 Å². The summed E-state index contributed by atoms with van der Waals surface area (Å²) in [4.78, 5) is 4.65. The first-order chi connectivity index (χ1) is 9.99. The van der Waals surface area contributed by atoms with Gasteiger partial charge in [0.15, 0.2) is 0 Å². The zero-order chi connectivity index (χ0) is 15.1. The van der Waals surface area contributed by atoms with Gasteiger partial charge in [0, 0.05) is 6.04 Å². The molecular formula is C17H22ClFN2. The molecule has 3 rings (SSSR count). The highest BCUT2D eigenvalue weighted by Crippen LogP contribution is 2.41. The van der Waals surface area contributed by atoms with E-state index < -0.39 is 0 Å². The molecule has 1 heterocycles. The van der Waals surface area contributed by atoms with E-state index in [0.29, 0.717) is 17.9 Å². The first-order valence-corrected chi connectivity index (χ1v) is 8.24. The summed E-state index contributed by atoms with van der Waals surface area (Å²) >= 11 is 6.35. The molecule has 1 aliphatic carbocycles. The van der Waals surface area contributed by atoms with Crippen molar-refractivity contribution in [1.29, 1.82) is 0 Å². The maximum absolute atomic E-state index is 13.7. The number of imidazole rings is 1. The van der Waals surface area contributed by atoms with E-state index in [0.717, 1.165) is 23.3 Å². The predicted octanol–water partition coefficient (Wildman–Crippen LogP) is 5.47. The van der Waals surface area contributed by atoms with Crippen LogP contribution < -0.4 is 0 Å². The summed E-state index contributed by atoms with van der Waals surface area (Å²) in [6.07, 6.45) is 3.59. The molecule has 4 atom stereocenters. The van der Waals surface area contributed by atoms with E-state index in [-0.39, 0.29) is 11.2 Å². The summed E-state index contributed by atoms with van der Waals surface area (Å²) in [6.45, 7) is 6.54. The molecule has 114 valence electrons. The smallest absolute Gasteiger partial charge is 0.127 e. The fraction of sp³-hybridized carbons (Fsp3) is 0.588. The van der Waals surface area contributed by atoms with Crippen molar-refractivity contribution in [2.24, 2.45) is 11.8 Å². The maximum atomic E-state index is 13.7. The second-order valence-electron chi connectivity index (χ2n) is 6.42. The van der Waals surface area contributed by atoms with Crippen LogP contribution in [0.25, 0.3) is 11.0 Å². The third-order valence-corrected chi connectivity index (χ3v) is 5.23. The molecule has 0 radical (unpaired) electrons. The Morgan fingerprint density at radius 1 is 1.33 bits per heavy atom. The summed E-state index contributed by atoms with van der Waals surface area (Å²) in [5, 5.41) is -0.176. The van der Waals surface area contributed by atoms with E-state index in [2.05, 4.69) is 23.4 Å². The Morgan fingerprint density at radius 3 is 2.81 bits per heavy atom. The van der Waals surface area contributed by atoms with Crippen LogP contribution in [0.3, 0.4) is 0 Å². The predicted molar refractivity (Wildman–Crippen MR) is 85.2 cm³/mol. The van der Waals surface area contributed by atoms with Gasteiger partial charge in [-0.2, -0.15) is 0 Å². The average molecular weight is 309 g/mol. The largest absolute Gasteiger partial charge is 0.323 e. The number of hydrogen-bond donors (Lipinski definition) is 0. The molecule has 1 saturated carbocycles. The van der Waals surface area contributed by atoms with Crippen LogP contribution in [0.4, 0.5) is 4.39 Å². The Balaban J connectivity index is 2.18. The van der Waals surface area contributed by atoms with E-state index in [1.807, 2.05) is 6.92 Å². The van der Waals surface area contributed by atoms with Crippen molar-refractivity contribution in [3.63, 3.8) is 0 Å². The quantitative estimate of drug-likeness (QED) is 0.672. The molecule has 1 aliphatic rings. The first-order valence-electron chi connectivity index (χ1n) is 7.80. The Labute approximate surface area is 130 Å². The number of benzene rings is 1. The lowest BCUT2D eigenvalue weighted by atomic mass is 9.78. The summed E-state index contributed by atoms with van der Waals surface area (Å²) in [6, 6.07) is 5.17. The van der Waals surface area contributed by atoms with Crippen LogP contribution in [0.5, 0.6) is 0 Å². The summed E-state index contributed by atoms with van der Waals surface area (Å²) in [7, 11) is 0. The molecule has 4 unspecified atom stereocenters. The minimum absolute atomic E-state index is 0.176. The van der Waals surface area contributed by atoms with E-state index in [1.54, 1.807) is 12.1 Å². The number of aromatic nitrogens is 2. The summed E-state index contributed by atoms with van der Waals surface area (Å²) in [5.74, 6) is 1.87. The van der Waals surface area contributed by atoms with E-state index >= 15 is 0 Å². The lowest BCUT2D eigenvalue weighted by Gasteiger charge is -2.36. The molecule has 0 amide bonds. The molecule has 0 saturated heterocycles. The van der Waals surface area contributed by atoms with Crippen molar-refractivity contribution in [3.05, 3.63) is 29.8 Å². The second-order valence-corrected chi connectivity index (χ2v) is 7.08. The standard InChI is InChI=1S/C17H22ClFN2/c1-10-5-4-6-15(11(10)2)21-16-9-13(19)7-8-14(16)20-17(21)12(3)18/h7-12,15H,4-6H2,1-3H3. The van der Waals surface area contributed by atoms with Crippen LogP contribution in [0.15, 0.2) is 18.2 Å². The highest BCUT2D eigenvalue weighted by atomic mass is 35.5. The molecule has 4 heteroatoms. The van der Waals surface area contributed by atoms with Gasteiger partial charge in [-0.05, 0) is 43.4 Å². The topological polar surface area (TPSA) is 17.8 Å². The Morgan fingerprint density at radius 2 is 2.10 bits per heavy atom. The zero-order valence-corrected chi connectivity index (χ0v) is 13.6. The Bertz CT molecular complexity index is 650. The van der Waals surface area contributed by atoms with Gasteiger partial charge >= 0.3 is 0 Å². The van der Waals surface area contributed by atoms with Crippen molar-refractivity contribution in [2.45, 2.75) is 51.5 Å². The minimum atomic E-state index is -0.214. The molecule has 1 fully saturated rings. The highest BCUT2D eigenvalue weighted by Gasteiger charge is 2.31. The third kappa shape index (κ3) is 2.57. The molecule has 2 nitrogen and oxygen atoms in total. The lowest BCUT2D eigenvalue weighted by Crippen LogP contribution is -2.28. The maximum Gasteiger partial charge on any atom is 0.127 e. The lowest BCUT2D eigenvalue weighted by molar-refractivity contribution is 0.186. The third-order valence-electron chi connectivity index (χ3n) is 5.03. The fourth-order valence-corrected chi connectivity index (χ4v) is 3.79. The molecular weight excluding hydrogens is 287 g/mol. The molecule has 1 aromatic carbocycles. The van der Waals surface area contributed by atoms with Gasteiger partial charge in [0.2, 0.25) is 0 Å². The number of nitrogens with zero attached hydrogens (tertiary/aromatic N) is 2. The van der Waals surface area contributed by atoms with Crippen molar-refractivity contribution in [2.75, 3.05) is 0 Å². The summed E-state index contributed by atoms with van der Waals surface area (Å²) in [5.41, 5.74) is 1.72. The Kier molecular flexibility index (Phi) is 3.96. The van der Waals surface area contributed by atoms with Crippen molar-refractivity contribution in [3.8, 4) is 0 Å². The molecule has 0 aliphatic heterocycles. The van der Waals surface area contributed by atoms with Crippen LogP contribution in [0.1, 0.15) is 57.3 Å². The van der Waals surface area contributed by atoms with Gasteiger partial charge in [0.25, 0.3) is 0 Å². The zero-order valence-electron chi connectivity index (χ0n) is 12.8. The van der Waals surface area contributed by atoms with Crippen molar-refractivity contribution >= 4 is 22.6 Å². The molecule has 0 bridgehead atoms. The van der Waals surface area contributed by atoms with Crippen molar-refractivity contribution in [1.82, 2.24) is 9.55 Å². The normalized spacial score (nSPS) is 28.0. The molecule has 1 aromatic heterocycles. The van der Waals surface area contributed by atoms with Gasteiger partial charge < -0.3 is 4.57 Å². The minimum Gasteiger partial charge on any atom is -0.323 e. The van der Waals surface area contributed by atoms with Gasteiger partial charge in [0.05, 0.1) is 16.4 Å². The number of hydrogen-bond acceptors (Lipinski definition) is 1.